The predicted molar refractivity (Wildman–Crippen MR) is 93.1 cm³/mol. The Kier molecular flexibility index (Phi) is 5.07. The van der Waals surface area contributed by atoms with E-state index in [0.717, 1.165) is 57.4 Å². The van der Waals surface area contributed by atoms with E-state index in [0.29, 0.717) is 5.56 Å². The Morgan fingerprint density at radius 1 is 1.17 bits per heavy atom. The van der Waals surface area contributed by atoms with Gasteiger partial charge in [-0.2, -0.15) is 9.57 Å². The van der Waals surface area contributed by atoms with E-state index in [-0.39, 0.29) is 12.1 Å². The van der Waals surface area contributed by atoms with Crippen molar-refractivity contribution in [1.82, 2.24) is 9.29 Å². The smallest absolute Gasteiger partial charge is 0.211 e. The lowest BCUT2D eigenvalue weighted by molar-refractivity contribution is 0.164. The first-order valence-corrected chi connectivity index (χ1v) is 10.4. The molecule has 0 radical (unpaired) electrons. The van der Waals surface area contributed by atoms with Crippen molar-refractivity contribution in [3.05, 3.63) is 23.9 Å². The number of nitriles is 1. The molecule has 2 fully saturated rings. The van der Waals surface area contributed by atoms with Crippen molar-refractivity contribution in [3.63, 3.8) is 0 Å². The summed E-state index contributed by atoms with van der Waals surface area (Å²) in [5, 5.41) is 8.87. The Labute approximate surface area is 144 Å². The minimum Gasteiger partial charge on any atom is -0.357 e. The molecule has 1 aromatic rings. The molecule has 1 aliphatic heterocycles. The molecule has 1 saturated carbocycles. The summed E-state index contributed by atoms with van der Waals surface area (Å²) in [6.45, 7) is 1.67. The fourth-order valence-corrected chi connectivity index (χ4v) is 5.19. The van der Waals surface area contributed by atoms with E-state index in [2.05, 4.69) is 16.0 Å². The van der Waals surface area contributed by atoms with Gasteiger partial charge in [0.2, 0.25) is 10.0 Å². The summed E-state index contributed by atoms with van der Waals surface area (Å²) >= 11 is 0. The molecule has 6 nitrogen and oxygen atoms in total. The van der Waals surface area contributed by atoms with Crippen LogP contribution in [0.2, 0.25) is 0 Å². The highest BCUT2D eigenvalue weighted by Gasteiger charge is 2.37. The Morgan fingerprint density at radius 2 is 1.88 bits per heavy atom. The van der Waals surface area contributed by atoms with E-state index in [4.69, 9.17) is 5.26 Å². The molecule has 0 unspecified atom stereocenters. The SMILES string of the molecule is CS(=O)(=O)N(C1CCC1)[C@@H]1CCCN(c2ccc(C#N)cn2)CC1. The molecule has 0 amide bonds. The molecule has 0 spiro atoms. The third-order valence-electron chi connectivity index (χ3n) is 5.08. The van der Waals surface area contributed by atoms with E-state index in [1.54, 1.807) is 16.6 Å². The topological polar surface area (TPSA) is 77.3 Å². The number of hydrogen-bond donors (Lipinski definition) is 0. The number of rotatable bonds is 4. The second kappa shape index (κ2) is 7.08. The van der Waals surface area contributed by atoms with Crippen LogP contribution >= 0.6 is 0 Å². The molecule has 130 valence electrons. The van der Waals surface area contributed by atoms with Gasteiger partial charge in [0.15, 0.2) is 0 Å². The highest BCUT2D eigenvalue weighted by molar-refractivity contribution is 7.88. The maximum Gasteiger partial charge on any atom is 0.211 e. The maximum absolute atomic E-state index is 12.3. The van der Waals surface area contributed by atoms with Gasteiger partial charge in [-0.15, -0.1) is 0 Å². The predicted octanol–water partition coefficient (Wildman–Crippen LogP) is 2.13. The van der Waals surface area contributed by atoms with E-state index in [1.807, 2.05) is 6.07 Å². The molecular weight excluding hydrogens is 324 g/mol. The molecular formula is C17H24N4O2S. The second-order valence-corrected chi connectivity index (χ2v) is 8.65. The molecule has 2 heterocycles. The number of pyridine rings is 1. The highest BCUT2D eigenvalue weighted by Crippen LogP contribution is 2.32. The molecule has 24 heavy (non-hydrogen) atoms. The lowest BCUT2D eigenvalue weighted by Crippen LogP contribution is -2.49. The second-order valence-electron chi connectivity index (χ2n) is 6.77. The molecule has 1 aliphatic carbocycles. The summed E-state index contributed by atoms with van der Waals surface area (Å²) in [4.78, 5) is 6.56. The zero-order valence-electron chi connectivity index (χ0n) is 14.1. The van der Waals surface area contributed by atoms with Crippen molar-refractivity contribution in [2.45, 2.75) is 50.6 Å². The van der Waals surface area contributed by atoms with Crippen LogP contribution in [0.15, 0.2) is 18.3 Å². The van der Waals surface area contributed by atoms with Crippen molar-refractivity contribution in [2.75, 3.05) is 24.2 Å². The summed E-state index contributed by atoms with van der Waals surface area (Å²) in [6, 6.07) is 6.02. The van der Waals surface area contributed by atoms with Gasteiger partial charge in [-0.05, 0) is 44.2 Å². The Bertz CT molecular complexity index is 707. The fraction of sp³-hybridized carbons (Fsp3) is 0.647. The van der Waals surface area contributed by atoms with E-state index < -0.39 is 10.0 Å². The van der Waals surface area contributed by atoms with Gasteiger partial charge in [0.25, 0.3) is 0 Å². The Balaban J connectivity index is 1.70. The molecule has 0 N–H and O–H groups in total. The summed E-state index contributed by atoms with van der Waals surface area (Å²) in [5.74, 6) is 0.865. The summed E-state index contributed by atoms with van der Waals surface area (Å²) in [6.07, 6.45) is 8.72. The van der Waals surface area contributed by atoms with Crippen molar-refractivity contribution in [1.29, 1.82) is 5.26 Å². The Hall–Kier alpha value is -1.65. The summed E-state index contributed by atoms with van der Waals surface area (Å²) in [5.41, 5.74) is 0.555. The monoisotopic (exact) mass is 348 g/mol. The van der Waals surface area contributed by atoms with Gasteiger partial charge >= 0.3 is 0 Å². The van der Waals surface area contributed by atoms with Gasteiger partial charge in [-0.3, -0.25) is 0 Å². The van der Waals surface area contributed by atoms with Crippen molar-refractivity contribution < 1.29 is 8.42 Å². The minimum absolute atomic E-state index is 0.0914. The first-order valence-electron chi connectivity index (χ1n) is 8.58. The van der Waals surface area contributed by atoms with Crippen molar-refractivity contribution in [3.8, 4) is 6.07 Å². The molecule has 3 rings (SSSR count). The van der Waals surface area contributed by atoms with E-state index in [1.165, 1.54) is 6.26 Å². The third-order valence-corrected chi connectivity index (χ3v) is 6.44. The Morgan fingerprint density at radius 3 is 2.42 bits per heavy atom. The minimum atomic E-state index is -3.17. The average molecular weight is 348 g/mol. The van der Waals surface area contributed by atoms with Gasteiger partial charge in [0, 0.05) is 31.4 Å². The van der Waals surface area contributed by atoms with Gasteiger partial charge in [0.05, 0.1) is 11.8 Å². The number of aromatic nitrogens is 1. The standard InChI is InChI=1S/C17H24N4O2S/c1-24(22,23)21(15-4-2-5-15)16-6-3-10-20(11-9-16)17-8-7-14(12-18)13-19-17/h7-8,13,15-16H,2-6,9-11H2,1H3/t16-/m1/s1. The van der Waals surface area contributed by atoms with E-state index >= 15 is 0 Å². The van der Waals surface area contributed by atoms with Crippen molar-refractivity contribution in [2.24, 2.45) is 0 Å². The lowest BCUT2D eigenvalue weighted by atomic mass is 9.91. The first kappa shape index (κ1) is 17.2. The molecule has 0 aromatic carbocycles. The zero-order valence-corrected chi connectivity index (χ0v) is 14.9. The van der Waals surface area contributed by atoms with Crippen molar-refractivity contribution >= 4 is 15.8 Å². The normalized spacial score (nSPS) is 22.7. The van der Waals surface area contributed by atoms with Crippen LogP contribution in [0.5, 0.6) is 0 Å². The van der Waals surface area contributed by atoms with Gasteiger partial charge < -0.3 is 4.90 Å². The largest absolute Gasteiger partial charge is 0.357 e. The van der Waals surface area contributed by atoms with Gasteiger partial charge in [-0.25, -0.2) is 13.4 Å². The molecule has 1 saturated heterocycles. The summed E-state index contributed by atoms with van der Waals surface area (Å²) < 4.78 is 26.3. The zero-order chi connectivity index (χ0) is 17.2. The fourth-order valence-electron chi connectivity index (χ4n) is 3.68. The number of nitrogens with zero attached hydrogens (tertiary/aromatic N) is 4. The van der Waals surface area contributed by atoms with Crippen LogP contribution < -0.4 is 4.90 Å². The van der Waals surface area contributed by atoms with E-state index in [9.17, 15) is 8.42 Å². The quantitative estimate of drug-likeness (QED) is 0.833. The maximum atomic E-state index is 12.3. The molecule has 7 heteroatoms. The molecule has 1 aromatic heterocycles. The van der Waals surface area contributed by atoms with Crippen LogP contribution in [-0.2, 0) is 10.0 Å². The molecule has 0 bridgehead atoms. The van der Waals surface area contributed by atoms with Gasteiger partial charge in [0.1, 0.15) is 11.9 Å². The highest BCUT2D eigenvalue weighted by atomic mass is 32.2. The first-order chi connectivity index (χ1) is 11.5. The number of hydrogen-bond acceptors (Lipinski definition) is 5. The van der Waals surface area contributed by atoms with Crippen LogP contribution in [0.25, 0.3) is 0 Å². The van der Waals surface area contributed by atoms with Gasteiger partial charge in [-0.1, -0.05) is 6.42 Å². The van der Waals surface area contributed by atoms with Crippen LogP contribution in [-0.4, -0.2) is 49.1 Å². The number of sulfonamides is 1. The summed E-state index contributed by atoms with van der Waals surface area (Å²) in [7, 11) is -3.17. The van der Waals surface area contributed by atoms with Crippen LogP contribution in [0.3, 0.4) is 0 Å². The third kappa shape index (κ3) is 3.70. The lowest BCUT2D eigenvalue weighted by Gasteiger charge is -2.40. The van der Waals surface area contributed by atoms with Crippen LogP contribution in [0.4, 0.5) is 5.82 Å². The molecule has 2 aliphatic rings. The average Bonchev–Trinajstić information content (AvgIpc) is 2.75. The number of anilines is 1. The van der Waals surface area contributed by atoms with Crippen LogP contribution in [0.1, 0.15) is 44.1 Å². The molecule has 1 atom stereocenters. The van der Waals surface area contributed by atoms with Crippen LogP contribution in [0, 0.1) is 11.3 Å².